The molecule has 0 bridgehead atoms. The molecule has 1 aromatic heterocycles. The molecule has 1 aliphatic heterocycles. The number of carbonyl (C=O) groups is 1. The highest BCUT2D eigenvalue weighted by atomic mass is 16.2. The highest BCUT2D eigenvalue weighted by molar-refractivity contribution is 5.95. The number of nitrogens with zero attached hydrogens (tertiary/aromatic N) is 2. The lowest BCUT2D eigenvalue weighted by molar-refractivity contribution is 0.0770. The Kier molecular flexibility index (Phi) is 4.63. The fourth-order valence-corrected chi connectivity index (χ4v) is 2.96. The predicted molar refractivity (Wildman–Crippen MR) is 81.9 cm³/mol. The van der Waals surface area contributed by atoms with Gasteiger partial charge in [-0.3, -0.25) is 4.79 Å². The van der Waals surface area contributed by atoms with Crippen molar-refractivity contribution in [3.8, 4) is 0 Å². The molecule has 4 nitrogen and oxygen atoms in total. The molecule has 0 saturated carbocycles. The third kappa shape index (κ3) is 2.94. The van der Waals surface area contributed by atoms with Crippen molar-refractivity contribution in [2.75, 3.05) is 25.0 Å². The molecule has 0 radical (unpaired) electrons. The first-order valence-corrected chi connectivity index (χ1v) is 7.63. The van der Waals surface area contributed by atoms with Gasteiger partial charge in [0.1, 0.15) is 5.82 Å². The molecule has 2 heterocycles. The molecule has 1 amide bonds. The van der Waals surface area contributed by atoms with E-state index in [1.54, 1.807) is 12.3 Å². The Balaban J connectivity index is 2.10. The smallest absolute Gasteiger partial charge is 0.254 e. The van der Waals surface area contributed by atoms with E-state index in [1.165, 1.54) is 0 Å². The van der Waals surface area contributed by atoms with Crippen molar-refractivity contribution in [2.24, 2.45) is 5.41 Å². The molecule has 4 heteroatoms. The number of nitrogens with one attached hydrogen (secondary N) is 1. The lowest BCUT2D eigenvalue weighted by Gasteiger charge is -2.26. The lowest BCUT2D eigenvalue weighted by Crippen LogP contribution is -2.31. The fraction of sp³-hybridized carbons (Fsp3) is 0.625. The van der Waals surface area contributed by atoms with E-state index in [9.17, 15) is 4.79 Å². The zero-order chi connectivity index (χ0) is 14.6. The largest absolute Gasteiger partial charge is 0.370 e. The SMILES string of the molecule is CCNc1cc(C(=O)N2CCC(CC)(CC)C2)ccn1. The van der Waals surface area contributed by atoms with Crippen LogP contribution in [0.5, 0.6) is 0 Å². The minimum absolute atomic E-state index is 0.135. The summed E-state index contributed by atoms with van der Waals surface area (Å²) in [4.78, 5) is 18.8. The Morgan fingerprint density at radius 1 is 1.40 bits per heavy atom. The predicted octanol–water partition coefficient (Wildman–Crippen LogP) is 3.17. The number of hydrogen-bond donors (Lipinski definition) is 1. The molecule has 110 valence electrons. The average Bonchev–Trinajstić information content (AvgIpc) is 2.92. The number of amides is 1. The standard InChI is InChI=1S/C16H25N3O/c1-4-16(5-2)8-10-19(12-16)15(20)13-7-9-18-14(11-13)17-6-3/h7,9,11H,4-6,8,10,12H2,1-3H3,(H,17,18). The molecule has 0 aliphatic carbocycles. The highest BCUT2D eigenvalue weighted by Gasteiger charge is 2.37. The second-order valence-corrected chi connectivity index (χ2v) is 5.64. The van der Waals surface area contributed by atoms with Crippen LogP contribution in [0.2, 0.25) is 0 Å². The van der Waals surface area contributed by atoms with Crippen molar-refractivity contribution in [3.05, 3.63) is 23.9 Å². The molecular formula is C16H25N3O. The molecule has 1 aliphatic rings. The molecule has 0 unspecified atom stereocenters. The third-order valence-corrected chi connectivity index (χ3v) is 4.59. The monoisotopic (exact) mass is 275 g/mol. The number of aromatic nitrogens is 1. The Morgan fingerprint density at radius 2 is 2.15 bits per heavy atom. The van der Waals surface area contributed by atoms with Gasteiger partial charge in [-0.2, -0.15) is 0 Å². The average molecular weight is 275 g/mol. The second-order valence-electron chi connectivity index (χ2n) is 5.64. The third-order valence-electron chi connectivity index (χ3n) is 4.59. The van der Waals surface area contributed by atoms with Gasteiger partial charge in [0.2, 0.25) is 0 Å². The van der Waals surface area contributed by atoms with Gasteiger partial charge in [0.15, 0.2) is 0 Å². The summed E-state index contributed by atoms with van der Waals surface area (Å²) in [6.07, 6.45) is 5.11. The van der Waals surface area contributed by atoms with Gasteiger partial charge in [-0.15, -0.1) is 0 Å². The molecule has 0 atom stereocenters. The molecule has 1 saturated heterocycles. The Morgan fingerprint density at radius 3 is 2.75 bits per heavy atom. The summed E-state index contributed by atoms with van der Waals surface area (Å²) >= 11 is 0. The van der Waals surface area contributed by atoms with Gasteiger partial charge < -0.3 is 10.2 Å². The molecule has 1 aromatic rings. The van der Waals surface area contributed by atoms with E-state index in [-0.39, 0.29) is 5.91 Å². The van der Waals surface area contributed by atoms with Crippen molar-refractivity contribution in [3.63, 3.8) is 0 Å². The van der Waals surface area contributed by atoms with Crippen LogP contribution in [0.3, 0.4) is 0 Å². The van der Waals surface area contributed by atoms with Crippen molar-refractivity contribution in [1.82, 2.24) is 9.88 Å². The summed E-state index contributed by atoms with van der Waals surface area (Å²) in [5.74, 6) is 0.908. The van der Waals surface area contributed by atoms with E-state index in [2.05, 4.69) is 24.1 Å². The van der Waals surface area contributed by atoms with Gasteiger partial charge in [0, 0.05) is 31.4 Å². The van der Waals surface area contributed by atoms with Crippen LogP contribution in [0.1, 0.15) is 50.4 Å². The van der Waals surface area contributed by atoms with Gasteiger partial charge in [0.05, 0.1) is 0 Å². The molecule has 2 rings (SSSR count). The Hall–Kier alpha value is -1.58. The topological polar surface area (TPSA) is 45.2 Å². The molecule has 0 aromatic carbocycles. The first-order chi connectivity index (χ1) is 9.64. The molecule has 20 heavy (non-hydrogen) atoms. The van der Waals surface area contributed by atoms with Crippen LogP contribution in [0.15, 0.2) is 18.3 Å². The van der Waals surface area contributed by atoms with Crippen molar-refractivity contribution in [2.45, 2.75) is 40.0 Å². The summed E-state index contributed by atoms with van der Waals surface area (Å²) in [5.41, 5.74) is 1.06. The van der Waals surface area contributed by atoms with E-state index in [1.807, 2.05) is 17.9 Å². The van der Waals surface area contributed by atoms with Crippen LogP contribution < -0.4 is 5.32 Å². The molecule has 1 fully saturated rings. The summed E-state index contributed by atoms with van der Waals surface area (Å²) in [6, 6.07) is 3.66. The first-order valence-electron chi connectivity index (χ1n) is 7.63. The zero-order valence-corrected chi connectivity index (χ0v) is 12.8. The van der Waals surface area contributed by atoms with Gasteiger partial charge in [-0.05, 0) is 43.7 Å². The summed E-state index contributed by atoms with van der Waals surface area (Å²) in [6.45, 7) is 9.05. The van der Waals surface area contributed by atoms with Crippen LogP contribution in [0.25, 0.3) is 0 Å². The van der Waals surface area contributed by atoms with Crippen molar-refractivity contribution >= 4 is 11.7 Å². The number of carbonyl (C=O) groups excluding carboxylic acids is 1. The fourth-order valence-electron chi connectivity index (χ4n) is 2.96. The molecular weight excluding hydrogens is 250 g/mol. The van der Waals surface area contributed by atoms with E-state index < -0.39 is 0 Å². The van der Waals surface area contributed by atoms with Crippen LogP contribution >= 0.6 is 0 Å². The van der Waals surface area contributed by atoms with E-state index >= 15 is 0 Å². The summed E-state index contributed by atoms with van der Waals surface area (Å²) in [5, 5.41) is 3.15. The number of likely N-dealkylation sites (tertiary alicyclic amines) is 1. The quantitative estimate of drug-likeness (QED) is 0.897. The van der Waals surface area contributed by atoms with Gasteiger partial charge in [0.25, 0.3) is 5.91 Å². The number of hydrogen-bond acceptors (Lipinski definition) is 3. The molecule has 1 N–H and O–H groups in total. The highest BCUT2D eigenvalue weighted by Crippen LogP contribution is 2.37. The molecule has 0 spiro atoms. The van der Waals surface area contributed by atoms with Crippen LogP contribution in [0, 0.1) is 5.41 Å². The maximum absolute atomic E-state index is 12.6. The minimum Gasteiger partial charge on any atom is -0.370 e. The number of anilines is 1. The van der Waals surface area contributed by atoms with E-state index in [0.717, 1.165) is 50.3 Å². The number of rotatable bonds is 5. The first kappa shape index (κ1) is 14.8. The van der Waals surface area contributed by atoms with Crippen molar-refractivity contribution < 1.29 is 4.79 Å². The van der Waals surface area contributed by atoms with Crippen LogP contribution in [0.4, 0.5) is 5.82 Å². The number of pyridine rings is 1. The summed E-state index contributed by atoms with van der Waals surface area (Å²) < 4.78 is 0. The van der Waals surface area contributed by atoms with E-state index in [4.69, 9.17) is 0 Å². The summed E-state index contributed by atoms with van der Waals surface area (Å²) in [7, 11) is 0. The lowest BCUT2D eigenvalue weighted by atomic mass is 9.82. The van der Waals surface area contributed by atoms with Crippen molar-refractivity contribution in [1.29, 1.82) is 0 Å². The maximum atomic E-state index is 12.6. The van der Waals surface area contributed by atoms with Crippen LogP contribution in [-0.2, 0) is 0 Å². The van der Waals surface area contributed by atoms with Gasteiger partial charge in [-0.1, -0.05) is 13.8 Å². The maximum Gasteiger partial charge on any atom is 0.254 e. The van der Waals surface area contributed by atoms with Crippen LogP contribution in [-0.4, -0.2) is 35.4 Å². The Bertz CT molecular complexity index is 469. The van der Waals surface area contributed by atoms with Gasteiger partial charge >= 0.3 is 0 Å². The van der Waals surface area contributed by atoms with Gasteiger partial charge in [-0.25, -0.2) is 4.98 Å². The second kappa shape index (κ2) is 6.25. The minimum atomic E-state index is 0.135. The van der Waals surface area contributed by atoms with E-state index in [0.29, 0.717) is 5.41 Å². The normalized spacial score (nSPS) is 17.2. The Labute approximate surface area is 121 Å². The zero-order valence-electron chi connectivity index (χ0n) is 12.8.